The number of hydrogen-bond donors (Lipinski definition) is 4. The molecule has 0 unspecified atom stereocenters. The SMILES string of the molecule is NCC(=O)NCCCCNC(=O)OCC1c2ccccc2-c2ccccc21.O=C(O)C(F)(F)F. The summed E-state index contributed by atoms with van der Waals surface area (Å²) in [6, 6.07) is 16.5. The van der Waals surface area contributed by atoms with Crippen molar-refractivity contribution in [1.29, 1.82) is 0 Å². The van der Waals surface area contributed by atoms with Crippen molar-refractivity contribution < 1.29 is 37.4 Å². The number of hydrogen-bond acceptors (Lipinski definition) is 5. The predicted octanol–water partition coefficient (Wildman–Crippen LogP) is 3.01. The summed E-state index contributed by atoms with van der Waals surface area (Å²) in [5.41, 5.74) is 10.0. The third-order valence-electron chi connectivity index (χ3n) is 4.97. The van der Waals surface area contributed by atoms with Crippen LogP contribution in [0.15, 0.2) is 48.5 Å². The molecule has 2 aromatic rings. The largest absolute Gasteiger partial charge is 0.490 e. The number of halogens is 3. The summed E-state index contributed by atoms with van der Waals surface area (Å²) in [7, 11) is 0. The highest BCUT2D eigenvalue weighted by atomic mass is 19.4. The van der Waals surface area contributed by atoms with E-state index in [-0.39, 0.29) is 18.4 Å². The summed E-state index contributed by atoms with van der Waals surface area (Å²) >= 11 is 0. The van der Waals surface area contributed by atoms with Crippen LogP contribution in [0.4, 0.5) is 18.0 Å². The third-order valence-corrected chi connectivity index (χ3v) is 4.97. The molecule has 0 bridgehead atoms. The molecule has 0 saturated carbocycles. The second kappa shape index (κ2) is 12.6. The van der Waals surface area contributed by atoms with Gasteiger partial charge in [-0.3, -0.25) is 4.79 Å². The van der Waals surface area contributed by atoms with Crippen molar-refractivity contribution in [3.63, 3.8) is 0 Å². The number of amides is 2. The van der Waals surface area contributed by atoms with Gasteiger partial charge in [-0.05, 0) is 35.1 Å². The van der Waals surface area contributed by atoms with Gasteiger partial charge in [0.25, 0.3) is 0 Å². The van der Waals surface area contributed by atoms with Crippen LogP contribution in [0.2, 0.25) is 0 Å². The van der Waals surface area contributed by atoms with Gasteiger partial charge in [-0.15, -0.1) is 0 Å². The van der Waals surface area contributed by atoms with Crippen molar-refractivity contribution in [3.05, 3.63) is 59.7 Å². The summed E-state index contributed by atoms with van der Waals surface area (Å²) < 4.78 is 37.2. The Morgan fingerprint density at radius 2 is 1.38 bits per heavy atom. The fraction of sp³-hybridized carbons (Fsp3) is 0.348. The molecule has 0 heterocycles. The molecule has 5 N–H and O–H groups in total. The van der Waals surface area contributed by atoms with E-state index in [1.807, 2.05) is 24.3 Å². The van der Waals surface area contributed by atoms with Gasteiger partial charge in [0, 0.05) is 19.0 Å². The molecule has 8 nitrogen and oxygen atoms in total. The van der Waals surface area contributed by atoms with Crippen LogP contribution in [0, 0.1) is 0 Å². The highest BCUT2D eigenvalue weighted by Crippen LogP contribution is 2.44. The van der Waals surface area contributed by atoms with Crippen LogP contribution in [-0.4, -0.2) is 55.5 Å². The predicted molar refractivity (Wildman–Crippen MR) is 118 cm³/mol. The van der Waals surface area contributed by atoms with Crippen LogP contribution in [-0.2, 0) is 14.3 Å². The van der Waals surface area contributed by atoms with Gasteiger partial charge in [-0.25, -0.2) is 9.59 Å². The molecular weight excluding hydrogens is 455 g/mol. The number of carboxylic acid groups (broad SMARTS) is 1. The maximum atomic E-state index is 12.0. The molecule has 3 rings (SSSR count). The highest BCUT2D eigenvalue weighted by molar-refractivity contribution is 5.79. The number of aliphatic carboxylic acids is 1. The Balaban J connectivity index is 0.000000509. The van der Waals surface area contributed by atoms with Crippen molar-refractivity contribution in [2.24, 2.45) is 5.73 Å². The maximum Gasteiger partial charge on any atom is 0.490 e. The second-order valence-electron chi connectivity index (χ2n) is 7.32. The lowest BCUT2D eigenvalue weighted by Gasteiger charge is -2.14. The highest BCUT2D eigenvalue weighted by Gasteiger charge is 2.38. The standard InChI is InChI=1S/C21H25N3O3.C2HF3O2/c22-13-20(25)23-11-5-6-12-24-21(26)27-14-19-17-9-3-1-7-15(17)16-8-2-4-10-18(16)19;3-2(4,5)1(6)7/h1-4,7-10,19H,5-6,11-14,22H2,(H,23,25)(H,24,26);(H,6,7). The van der Waals surface area contributed by atoms with Crippen LogP contribution >= 0.6 is 0 Å². The summed E-state index contributed by atoms with van der Waals surface area (Å²) in [5, 5.41) is 12.6. The number of nitrogens with one attached hydrogen (secondary N) is 2. The molecule has 34 heavy (non-hydrogen) atoms. The topological polar surface area (TPSA) is 131 Å². The van der Waals surface area contributed by atoms with Crippen molar-refractivity contribution >= 4 is 18.0 Å². The first kappa shape index (κ1) is 26.7. The lowest BCUT2D eigenvalue weighted by atomic mass is 9.98. The molecule has 0 aliphatic heterocycles. The molecule has 0 fully saturated rings. The van der Waals surface area contributed by atoms with Crippen LogP contribution < -0.4 is 16.4 Å². The second-order valence-corrected chi connectivity index (χ2v) is 7.32. The van der Waals surface area contributed by atoms with Gasteiger partial charge >= 0.3 is 18.2 Å². The minimum atomic E-state index is -5.08. The number of alkyl carbamates (subject to hydrolysis) is 1. The molecule has 0 saturated heterocycles. The van der Waals surface area contributed by atoms with Crippen molar-refractivity contribution in [3.8, 4) is 11.1 Å². The first-order chi connectivity index (χ1) is 16.1. The quantitative estimate of drug-likeness (QED) is 0.429. The number of unbranched alkanes of at least 4 members (excludes halogenated alkanes) is 1. The van der Waals surface area contributed by atoms with E-state index in [1.165, 1.54) is 22.3 Å². The van der Waals surface area contributed by atoms with E-state index in [1.54, 1.807) is 0 Å². The Kier molecular flexibility index (Phi) is 9.87. The zero-order chi connectivity index (χ0) is 25.1. The number of ether oxygens (including phenoxy) is 1. The third kappa shape index (κ3) is 7.77. The first-order valence-corrected chi connectivity index (χ1v) is 10.5. The number of benzene rings is 2. The molecule has 0 aromatic heterocycles. The number of carboxylic acids is 1. The van der Waals surface area contributed by atoms with Gasteiger partial charge in [0.15, 0.2) is 0 Å². The number of rotatable bonds is 8. The van der Waals surface area contributed by atoms with Crippen LogP contribution in [0.1, 0.15) is 29.9 Å². The molecule has 0 atom stereocenters. The number of alkyl halides is 3. The van der Waals surface area contributed by atoms with E-state index in [4.69, 9.17) is 20.4 Å². The van der Waals surface area contributed by atoms with Crippen molar-refractivity contribution in [2.75, 3.05) is 26.2 Å². The van der Waals surface area contributed by atoms with E-state index >= 15 is 0 Å². The van der Waals surface area contributed by atoms with Crippen molar-refractivity contribution in [2.45, 2.75) is 24.9 Å². The minimum Gasteiger partial charge on any atom is -0.475 e. The average Bonchev–Trinajstić information content (AvgIpc) is 3.13. The molecule has 1 aliphatic rings. The van der Waals surface area contributed by atoms with Crippen LogP contribution in [0.25, 0.3) is 11.1 Å². The van der Waals surface area contributed by atoms with Crippen LogP contribution in [0.5, 0.6) is 0 Å². The summed E-state index contributed by atoms with van der Waals surface area (Å²) in [6.07, 6.45) is -3.97. The molecule has 0 radical (unpaired) electrons. The molecule has 0 spiro atoms. The molecule has 2 aromatic carbocycles. The lowest BCUT2D eigenvalue weighted by molar-refractivity contribution is -0.192. The number of carbonyl (C=O) groups is 3. The monoisotopic (exact) mass is 481 g/mol. The average molecular weight is 481 g/mol. The van der Waals surface area contributed by atoms with Crippen molar-refractivity contribution in [1.82, 2.24) is 10.6 Å². The first-order valence-electron chi connectivity index (χ1n) is 10.5. The lowest BCUT2D eigenvalue weighted by Crippen LogP contribution is -2.31. The molecule has 2 amide bonds. The van der Waals surface area contributed by atoms with Gasteiger partial charge in [0.05, 0.1) is 6.54 Å². The normalized spacial score (nSPS) is 12.0. The smallest absolute Gasteiger partial charge is 0.475 e. The molecule has 1 aliphatic carbocycles. The Morgan fingerprint density at radius 1 is 0.912 bits per heavy atom. The number of nitrogens with two attached hydrogens (primary N) is 1. The van der Waals surface area contributed by atoms with E-state index in [9.17, 15) is 22.8 Å². The van der Waals surface area contributed by atoms with Gasteiger partial charge in [0.1, 0.15) is 6.61 Å². The van der Waals surface area contributed by atoms with Gasteiger partial charge in [-0.2, -0.15) is 13.2 Å². The van der Waals surface area contributed by atoms with Gasteiger partial charge < -0.3 is 26.2 Å². The number of carbonyl (C=O) groups excluding carboxylic acids is 2. The molecule has 11 heteroatoms. The Morgan fingerprint density at radius 3 is 1.85 bits per heavy atom. The zero-order valence-electron chi connectivity index (χ0n) is 18.2. The zero-order valence-corrected chi connectivity index (χ0v) is 18.2. The Hall–Kier alpha value is -3.60. The van der Waals surface area contributed by atoms with E-state index < -0.39 is 18.2 Å². The summed E-state index contributed by atoms with van der Waals surface area (Å²) in [6.45, 7) is 1.38. The Labute approximate surface area is 194 Å². The summed E-state index contributed by atoms with van der Waals surface area (Å²) in [4.78, 5) is 31.9. The number of fused-ring (bicyclic) bond motifs is 3. The fourth-order valence-electron chi connectivity index (χ4n) is 3.39. The van der Waals surface area contributed by atoms with Crippen LogP contribution in [0.3, 0.4) is 0 Å². The van der Waals surface area contributed by atoms with E-state index in [0.717, 1.165) is 12.8 Å². The maximum absolute atomic E-state index is 12.0. The fourth-order valence-corrected chi connectivity index (χ4v) is 3.39. The summed E-state index contributed by atoms with van der Waals surface area (Å²) in [5.74, 6) is -2.86. The Bertz CT molecular complexity index is 952. The van der Waals surface area contributed by atoms with E-state index in [2.05, 4.69) is 34.9 Å². The minimum absolute atomic E-state index is 0.00198. The van der Waals surface area contributed by atoms with Gasteiger partial charge in [-0.1, -0.05) is 48.5 Å². The van der Waals surface area contributed by atoms with Gasteiger partial charge in [0.2, 0.25) is 5.91 Å². The molecule has 184 valence electrons. The molecular formula is C23H26F3N3O5. The van der Waals surface area contributed by atoms with E-state index in [0.29, 0.717) is 19.7 Å².